The summed E-state index contributed by atoms with van der Waals surface area (Å²) in [6.45, 7) is 11.2. The van der Waals surface area contributed by atoms with Crippen LogP contribution in [-0.4, -0.2) is 42.8 Å². The average Bonchev–Trinajstić information content (AvgIpc) is 2.71. The van der Waals surface area contributed by atoms with Crippen molar-refractivity contribution in [2.75, 3.05) is 31.1 Å². The minimum Gasteiger partial charge on any atom is -0.444 e. The number of anilines is 1. The Bertz CT molecular complexity index is 491. The molecule has 1 heterocycles. The molecule has 1 saturated heterocycles. The van der Waals surface area contributed by atoms with E-state index < -0.39 is 5.60 Å². The van der Waals surface area contributed by atoms with Crippen molar-refractivity contribution < 1.29 is 9.53 Å². The molecule has 4 nitrogen and oxygen atoms in total. The Morgan fingerprint density at radius 2 is 1.77 bits per heavy atom. The molecule has 122 valence electrons. The smallest absolute Gasteiger partial charge is 0.410 e. The first kappa shape index (κ1) is 16.7. The Morgan fingerprint density at radius 1 is 1.09 bits per heavy atom. The van der Waals surface area contributed by atoms with Crippen LogP contribution in [0.25, 0.3) is 0 Å². The number of ether oxygens (including phenoxy) is 1. The molecule has 4 heteroatoms. The Hall–Kier alpha value is -1.71. The maximum Gasteiger partial charge on any atom is 0.410 e. The predicted molar refractivity (Wildman–Crippen MR) is 90.5 cm³/mol. The summed E-state index contributed by atoms with van der Waals surface area (Å²) < 4.78 is 5.47. The van der Waals surface area contributed by atoms with Crippen LogP contribution in [0.1, 0.15) is 39.7 Å². The van der Waals surface area contributed by atoms with Gasteiger partial charge in [-0.1, -0.05) is 19.1 Å². The Labute approximate surface area is 134 Å². The van der Waals surface area contributed by atoms with Gasteiger partial charge in [0.05, 0.1) is 0 Å². The lowest BCUT2D eigenvalue weighted by Gasteiger charge is -2.27. The third kappa shape index (κ3) is 4.65. The number of rotatable bonds is 2. The molecular weight excluding hydrogens is 276 g/mol. The van der Waals surface area contributed by atoms with Crippen LogP contribution < -0.4 is 4.90 Å². The van der Waals surface area contributed by atoms with E-state index >= 15 is 0 Å². The average molecular weight is 304 g/mol. The number of benzene rings is 1. The Balaban J connectivity index is 1.95. The van der Waals surface area contributed by atoms with Crippen molar-refractivity contribution in [1.82, 2.24) is 4.90 Å². The molecule has 0 atom stereocenters. The summed E-state index contributed by atoms with van der Waals surface area (Å²) in [6.07, 6.45) is 1.83. The van der Waals surface area contributed by atoms with Gasteiger partial charge in [-0.2, -0.15) is 0 Å². The van der Waals surface area contributed by atoms with Gasteiger partial charge in [-0.3, -0.25) is 0 Å². The van der Waals surface area contributed by atoms with Gasteiger partial charge in [-0.15, -0.1) is 0 Å². The zero-order chi connectivity index (χ0) is 16.2. The van der Waals surface area contributed by atoms with Gasteiger partial charge in [0, 0.05) is 31.9 Å². The summed E-state index contributed by atoms with van der Waals surface area (Å²) in [5, 5.41) is 0. The van der Waals surface area contributed by atoms with Crippen molar-refractivity contribution in [3.63, 3.8) is 0 Å². The summed E-state index contributed by atoms with van der Waals surface area (Å²) in [5.74, 6) is 0. The minimum atomic E-state index is -0.431. The largest absolute Gasteiger partial charge is 0.444 e. The monoisotopic (exact) mass is 304 g/mol. The summed E-state index contributed by atoms with van der Waals surface area (Å²) in [5.41, 5.74) is 2.16. The van der Waals surface area contributed by atoms with E-state index in [-0.39, 0.29) is 6.09 Å². The number of hydrogen-bond acceptors (Lipinski definition) is 3. The van der Waals surface area contributed by atoms with Crippen molar-refractivity contribution in [3.05, 3.63) is 29.8 Å². The third-order valence-electron chi connectivity index (χ3n) is 3.86. The van der Waals surface area contributed by atoms with Crippen molar-refractivity contribution in [2.45, 2.75) is 46.1 Å². The second-order valence-corrected chi connectivity index (χ2v) is 6.83. The first-order valence-electron chi connectivity index (χ1n) is 8.21. The second kappa shape index (κ2) is 7.03. The molecule has 0 spiro atoms. The van der Waals surface area contributed by atoms with Crippen LogP contribution >= 0.6 is 0 Å². The van der Waals surface area contributed by atoms with E-state index in [1.165, 1.54) is 11.3 Å². The lowest BCUT2D eigenvalue weighted by atomic mass is 10.1. The fraction of sp³-hybridized carbons (Fsp3) is 0.611. The van der Waals surface area contributed by atoms with E-state index in [4.69, 9.17) is 4.74 Å². The summed E-state index contributed by atoms with van der Waals surface area (Å²) in [6, 6.07) is 8.74. The molecule has 0 N–H and O–H groups in total. The molecule has 1 aliphatic heterocycles. The number of carbonyl (C=O) groups excluding carboxylic acids is 1. The first-order chi connectivity index (χ1) is 10.4. The SMILES string of the molecule is CCc1ccc(N2CCCN(C(=O)OC(C)(C)C)CC2)cc1. The normalized spacial score (nSPS) is 16.4. The fourth-order valence-electron chi connectivity index (χ4n) is 2.63. The molecular formula is C18H28N2O2. The number of nitrogens with zero attached hydrogens (tertiary/aromatic N) is 2. The van der Waals surface area contributed by atoms with Crippen LogP contribution in [0.5, 0.6) is 0 Å². The van der Waals surface area contributed by atoms with Crippen LogP contribution in [0.2, 0.25) is 0 Å². The highest BCUT2D eigenvalue weighted by Crippen LogP contribution is 2.19. The fourth-order valence-corrected chi connectivity index (χ4v) is 2.63. The number of aryl methyl sites for hydroxylation is 1. The maximum absolute atomic E-state index is 12.2. The van der Waals surface area contributed by atoms with Crippen LogP contribution in [0.15, 0.2) is 24.3 Å². The zero-order valence-corrected chi connectivity index (χ0v) is 14.3. The summed E-state index contributed by atoms with van der Waals surface area (Å²) in [4.78, 5) is 16.4. The molecule has 1 fully saturated rings. The van der Waals surface area contributed by atoms with Gasteiger partial charge in [0.15, 0.2) is 0 Å². The molecule has 0 aromatic heterocycles. The zero-order valence-electron chi connectivity index (χ0n) is 14.3. The van der Waals surface area contributed by atoms with Crippen LogP contribution in [0.3, 0.4) is 0 Å². The predicted octanol–water partition coefficient (Wildman–Crippen LogP) is 3.70. The molecule has 0 bridgehead atoms. The topological polar surface area (TPSA) is 32.8 Å². The number of carbonyl (C=O) groups is 1. The lowest BCUT2D eigenvalue weighted by molar-refractivity contribution is 0.0263. The van der Waals surface area contributed by atoms with Gasteiger partial charge < -0.3 is 14.5 Å². The van der Waals surface area contributed by atoms with Crippen molar-refractivity contribution in [1.29, 1.82) is 0 Å². The van der Waals surface area contributed by atoms with E-state index in [9.17, 15) is 4.79 Å². The van der Waals surface area contributed by atoms with Gasteiger partial charge in [0.2, 0.25) is 0 Å². The van der Waals surface area contributed by atoms with Crippen LogP contribution in [0.4, 0.5) is 10.5 Å². The molecule has 2 rings (SSSR count). The lowest BCUT2D eigenvalue weighted by Crippen LogP contribution is -2.39. The highest BCUT2D eigenvalue weighted by molar-refractivity contribution is 5.68. The molecule has 1 aromatic carbocycles. The van der Waals surface area contributed by atoms with Gasteiger partial charge in [-0.05, 0) is 51.3 Å². The van der Waals surface area contributed by atoms with Crippen LogP contribution in [0, 0.1) is 0 Å². The highest BCUT2D eigenvalue weighted by atomic mass is 16.6. The second-order valence-electron chi connectivity index (χ2n) is 6.83. The van der Waals surface area contributed by atoms with Crippen molar-refractivity contribution in [2.24, 2.45) is 0 Å². The van der Waals surface area contributed by atoms with Crippen LogP contribution in [-0.2, 0) is 11.2 Å². The first-order valence-corrected chi connectivity index (χ1v) is 8.21. The molecule has 0 radical (unpaired) electrons. The quantitative estimate of drug-likeness (QED) is 0.835. The molecule has 1 aliphatic rings. The molecule has 0 unspecified atom stereocenters. The minimum absolute atomic E-state index is 0.198. The third-order valence-corrected chi connectivity index (χ3v) is 3.86. The highest BCUT2D eigenvalue weighted by Gasteiger charge is 2.24. The van der Waals surface area contributed by atoms with E-state index in [0.29, 0.717) is 6.54 Å². The van der Waals surface area contributed by atoms with E-state index in [2.05, 4.69) is 36.1 Å². The van der Waals surface area contributed by atoms with E-state index in [0.717, 1.165) is 32.5 Å². The van der Waals surface area contributed by atoms with Gasteiger partial charge in [-0.25, -0.2) is 4.79 Å². The Morgan fingerprint density at radius 3 is 2.36 bits per heavy atom. The molecule has 0 saturated carbocycles. The van der Waals surface area contributed by atoms with Crippen molar-refractivity contribution >= 4 is 11.8 Å². The van der Waals surface area contributed by atoms with Gasteiger partial charge >= 0.3 is 6.09 Å². The van der Waals surface area contributed by atoms with Gasteiger partial charge in [0.25, 0.3) is 0 Å². The maximum atomic E-state index is 12.2. The molecule has 0 aliphatic carbocycles. The number of amides is 1. The molecule has 1 aromatic rings. The molecule has 1 amide bonds. The Kier molecular flexibility index (Phi) is 5.33. The molecule has 22 heavy (non-hydrogen) atoms. The summed E-state index contributed by atoms with van der Waals surface area (Å²) >= 11 is 0. The van der Waals surface area contributed by atoms with E-state index in [1.54, 1.807) is 0 Å². The standard InChI is InChI=1S/C18H28N2O2/c1-5-15-7-9-16(10-8-15)19-11-6-12-20(14-13-19)17(21)22-18(2,3)4/h7-10H,5-6,11-14H2,1-4H3. The van der Waals surface area contributed by atoms with Crippen molar-refractivity contribution in [3.8, 4) is 0 Å². The van der Waals surface area contributed by atoms with E-state index in [1.807, 2.05) is 25.7 Å². The van der Waals surface area contributed by atoms with Gasteiger partial charge in [0.1, 0.15) is 5.60 Å². The summed E-state index contributed by atoms with van der Waals surface area (Å²) in [7, 11) is 0. The number of hydrogen-bond donors (Lipinski definition) is 0.